The van der Waals surface area contributed by atoms with Crippen molar-refractivity contribution >= 4 is 23.2 Å². The Kier molecular flexibility index (Phi) is 2.39. The minimum atomic E-state index is 0.0732. The third kappa shape index (κ3) is 1.82. The summed E-state index contributed by atoms with van der Waals surface area (Å²) in [6, 6.07) is 7.21. The summed E-state index contributed by atoms with van der Waals surface area (Å²) in [6.45, 7) is 0.704. The van der Waals surface area contributed by atoms with Crippen molar-refractivity contribution in [2.24, 2.45) is 0 Å². The first-order valence-electron chi connectivity index (χ1n) is 4.77. The van der Waals surface area contributed by atoms with Crippen LogP contribution in [0.5, 0.6) is 0 Å². The number of hydrogen-bond donors (Lipinski definition) is 0. The third-order valence-electron chi connectivity index (χ3n) is 2.39. The summed E-state index contributed by atoms with van der Waals surface area (Å²) in [4.78, 5) is 0. The van der Waals surface area contributed by atoms with Crippen LogP contribution in [0.3, 0.4) is 0 Å². The maximum Gasteiger partial charge on any atom is 0.168 e. The van der Waals surface area contributed by atoms with Crippen molar-refractivity contribution in [3.8, 4) is 11.3 Å². The first-order valence-corrected chi connectivity index (χ1v) is 5.53. The Morgan fingerprint density at radius 2 is 2.00 bits per heavy atom. The van der Waals surface area contributed by atoms with Gasteiger partial charge in [0.25, 0.3) is 0 Å². The largest absolute Gasteiger partial charge is 0.365 e. The lowest BCUT2D eigenvalue weighted by Gasteiger charge is -1.98. The Morgan fingerprint density at radius 1 is 1.19 bits per heavy atom. The fraction of sp³-hybridized carbons (Fsp3) is 0.182. The Labute approximate surface area is 102 Å². The second-order valence-electron chi connectivity index (χ2n) is 3.57. The summed E-state index contributed by atoms with van der Waals surface area (Å²) >= 11 is 11.8. The number of hydrogen-bond acceptors (Lipinski definition) is 3. The first-order chi connectivity index (χ1) is 7.74. The molecule has 1 atom stereocenters. The quantitative estimate of drug-likeness (QED) is 0.768. The van der Waals surface area contributed by atoms with E-state index < -0.39 is 0 Å². The van der Waals surface area contributed by atoms with Crippen LogP contribution in [0.4, 0.5) is 0 Å². The van der Waals surface area contributed by atoms with Crippen LogP contribution >= 0.6 is 23.2 Å². The maximum atomic E-state index is 5.93. The number of benzene rings is 1. The van der Waals surface area contributed by atoms with Crippen LogP contribution in [0, 0.1) is 0 Å². The summed E-state index contributed by atoms with van der Waals surface area (Å²) in [5.41, 5.74) is 1.62. The van der Waals surface area contributed by atoms with Gasteiger partial charge in [-0.3, -0.25) is 0 Å². The van der Waals surface area contributed by atoms with Gasteiger partial charge in [0.05, 0.1) is 16.7 Å². The minimum absolute atomic E-state index is 0.0732. The van der Waals surface area contributed by atoms with Gasteiger partial charge in [0, 0.05) is 11.6 Å². The van der Waals surface area contributed by atoms with E-state index in [0.29, 0.717) is 16.7 Å². The molecule has 0 radical (unpaired) electrons. The molecule has 5 heteroatoms. The van der Waals surface area contributed by atoms with Crippen LogP contribution < -0.4 is 0 Å². The molecule has 82 valence electrons. The maximum absolute atomic E-state index is 5.93. The monoisotopic (exact) mass is 255 g/mol. The van der Waals surface area contributed by atoms with E-state index >= 15 is 0 Å². The van der Waals surface area contributed by atoms with Crippen molar-refractivity contribution in [2.75, 3.05) is 6.61 Å². The fourth-order valence-electron chi connectivity index (χ4n) is 1.44. The van der Waals surface area contributed by atoms with Gasteiger partial charge in [-0.05, 0) is 12.1 Å². The smallest absolute Gasteiger partial charge is 0.168 e. The van der Waals surface area contributed by atoms with Crippen LogP contribution in [0.25, 0.3) is 11.3 Å². The lowest BCUT2D eigenvalue weighted by Crippen LogP contribution is -1.77. The summed E-state index contributed by atoms with van der Waals surface area (Å²) in [5, 5.41) is 5.00. The van der Waals surface area contributed by atoms with Gasteiger partial charge < -0.3 is 9.26 Å². The first kappa shape index (κ1) is 10.1. The highest BCUT2D eigenvalue weighted by Crippen LogP contribution is 2.33. The van der Waals surface area contributed by atoms with Crippen molar-refractivity contribution in [1.29, 1.82) is 0 Å². The standard InChI is InChI=1S/C11H7Cl2NO2/c12-7-2-1-6(3-8(7)13)9-4-10(16-14-9)11-5-15-11/h1-4,11H,5H2. The molecule has 1 aromatic heterocycles. The molecule has 0 aliphatic carbocycles. The average molecular weight is 256 g/mol. The molecule has 16 heavy (non-hydrogen) atoms. The molecule has 0 N–H and O–H groups in total. The molecule has 0 spiro atoms. The Balaban J connectivity index is 1.97. The topological polar surface area (TPSA) is 38.6 Å². The van der Waals surface area contributed by atoms with Crippen LogP contribution in [-0.4, -0.2) is 11.8 Å². The molecule has 3 nitrogen and oxygen atoms in total. The van der Waals surface area contributed by atoms with Crippen molar-refractivity contribution in [3.63, 3.8) is 0 Å². The summed E-state index contributed by atoms with van der Waals surface area (Å²) in [6.07, 6.45) is 0.0732. The number of epoxide rings is 1. The average Bonchev–Trinajstić information content (AvgIpc) is 3.01. The number of rotatable bonds is 2. The Morgan fingerprint density at radius 3 is 2.69 bits per heavy atom. The van der Waals surface area contributed by atoms with Gasteiger partial charge in [0.2, 0.25) is 0 Å². The highest BCUT2D eigenvalue weighted by atomic mass is 35.5. The Bertz CT molecular complexity index is 535. The lowest BCUT2D eigenvalue weighted by molar-refractivity contribution is 0.326. The molecule has 2 heterocycles. The molecule has 2 aromatic rings. The molecule has 3 rings (SSSR count). The van der Waals surface area contributed by atoms with Crippen LogP contribution in [-0.2, 0) is 4.74 Å². The van der Waals surface area contributed by atoms with Crippen LogP contribution in [0.15, 0.2) is 28.8 Å². The van der Waals surface area contributed by atoms with Crippen molar-refractivity contribution in [2.45, 2.75) is 6.10 Å². The summed E-state index contributed by atoms with van der Waals surface area (Å²) in [5.74, 6) is 0.751. The second-order valence-corrected chi connectivity index (χ2v) is 4.38. The van der Waals surface area contributed by atoms with Crippen molar-refractivity contribution in [3.05, 3.63) is 40.1 Å². The predicted octanol–water partition coefficient (Wildman–Crippen LogP) is 3.72. The number of ether oxygens (including phenoxy) is 1. The molecule has 0 saturated carbocycles. The van der Waals surface area contributed by atoms with Gasteiger partial charge in [-0.1, -0.05) is 34.4 Å². The van der Waals surface area contributed by atoms with E-state index in [0.717, 1.165) is 17.0 Å². The Hall–Kier alpha value is -1.03. The molecule has 1 aliphatic heterocycles. The van der Waals surface area contributed by atoms with Crippen LogP contribution in [0.1, 0.15) is 11.9 Å². The highest BCUT2D eigenvalue weighted by Gasteiger charge is 2.29. The van der Waals surface area contributed by atoms with E-state index in [2.05, 4.69) is 5.16 Å². The molecule has 1 unspecified atom stereocenters. The van der Waals surface area contributed by atoms with Gasteiger partial charge in [0.15, 0.2) is 5.76 Å². The molecule has 1 fully saturated rings. The van der Waals surface area contributed by atoms with E-state index in [1.807, 2.05) is 12.1 Å². The lowest BCUT2D eigenvalue weighted by atomic mass is 10.1. The molecule has 1 aromatic carbocycles. The van der Waals surface area contributed by atoms with Crippen molar-refractivity contribution < 1.29 is 9.26 Å². The number of aromatic nitrogens is 1. The minimum Gasteiger partial charge on any atom is -0.365 e. The molecule has 0 bridgehead atoms. The molecule has 0 amide bonds. The normalized spacial score (nSPS) is 18.8. The van der Waals surface area contributed by atoms with Gasteiger partial charge in [-0.25, -0.2) is 0 Å². The van der Waals surface area contributed by atoms with E-state index in [1.165, 1.54) is 0 Å². The molecular weight excluding hydrogens is 249 g/mol. The van der Waals surface area contributed by atoms with Gasteiger partial charge in [0.1, 0.15) is 11.8 Å². The SMILES string of the molecule is Clc1ccc(-c2cc(C3CO3)on2)cc1Cl. The zero-order valence-electron chi connectivity index (χ0n) is 8.11. The van der Waals surface area contributed by atoms with Gasteiger partial charge >= 0.3 is 0 Å². The van der Waals surface area contributed by atoms with Gasteiger partial charge in [-0.2, -0.15) is 0 Å². The number of nitrogens with zero attached hydrogens (tertiary/aromatic N) is 1. The van der Waals surface area contributed by atoms with Gasteiger partial charge in [-0.15, -0.1) is 0 Å². The van der Waals surface area contributed by atoms with E-state index in [9.17, 15) is 0 Å². The highest BCUT2D eigenvalue weighted by molar-refractivity contribution is 6.42. The van der Waals surface area contributed by atoms with Crippen molar-refractivity contribution in [1.82, 2.24) is 5.16 Å². The van der Waals surface area contributed by atoms with E-state index in [1.54, 1.807) is 12.1 Å². The second kappa shape index (κ2) is 3.77. The fourth-order valence-corrected chi connectivity index (χ4v) is 1.74. The third-order valence-corrected chi connectivity index (χ3v) is 3.13. The van der Waals surface area contributed by atoms with Crippen LogP contribution in [0.2, 0.25) is 10.0 Å². The predicted molar refractivity (Wildman–Crippen MR) is 60.7 cm³/mol. The zero-order chi connectivity index (χ0) is 11.1. The zero-order valence-corrected chi connectivity index (χ0v) is 9.63. The van der Waals surface area contributed by atoms with E-state index in [-0.39, 0.29) is 6.10 Å². The molecule has 1 saturated heterocycles. The summed E-state index contributed by atoms with van der Waals surface area (Å²) < 4.78 is 10.3. The molecular formula is C11H7Cl2NO2. The molecule has 1 aliphatic rings. The summed E-state index contributed by atoms with van der Waals surface area (Å²) in [7, 11) is 0. The van der Waals surface area contributed by atoms with E-state index in [4.69, 9.17) is 32.5 Å². The number of halogens is 2.